The zero-order valence-corrected chi connectivity index (χ0v) is 22.1. The molecule has 1 unspecified atom stereocenters. The number of rotatable bonds is 11. The van der Waals surface area contributed by atoms with Crippen molar-refractivity contribution in [1.29, 1.82) is 0 Å². The molecule has 0 aliphatic rings. The van der Waals surface area contributed by atoms with Gasteiger partial charge in [-0.15, -0.1) is 0 Å². The number of nitrogens with one attached hydrogen (secondary N) is 1. The van der Waals surface area contributed by atoms with E-state index in [-0.39, 0.29) is 18.4 Å². The summed E-state index contributed by atoms with van der Waals surface area (Å²) in [7, 11) is 0. The Balaban J connectivity index is 1.93. The molecule has 0 fully saturated rings. The summed E-state index contributed by atoms with van der Waals surface area (Å²) in [6.07, 6.45) is 1.25. The van der Waals surface area contributed by atoms with Gasteiger partial charge in [-0.05, 0) is 73.6 Å². The van der Waals surface area contributed by atoms with E-state index in [0.717, 1.165) is 39.8 Å². The van der Waals surface area contributed by atoms with E-state index in [2.05, 4.69) is 11.4 Å². The Bertz CT molecular complexity index is 1170. The maximum Gasteiger partial charge on any atom is 0.261 e. The summed E-state index contributed by atoms with van der Waals surface area (Å²) in [5.74, 6) is 0.335. The van der Waals surface area contributed by atoms with Gasteiger partial charge in [0.05, 0.1) is 0 Å². The number of nitrogens with zero attached hydrogens (tertiary/aromatic N) is 1. The van der Waals surface area contributed by atoms with Crippen LogP contribution in [0.2, 0.25) is 0 Å². The van der Waals surface area contributed by atoms with Gasteiger partial charge < -0.3 is 15.0 Å². The molecule has 0 spiro atoms. The number of amides is 2. The van der Waals surface area contributed by atoms with Crippen molar-refractivity contribution in [2.24, 2.45) is 0 Å². The molecular formula is C31H38N2O3. The smallest absolute Gasteiger partial charge is 0.261 e. The molecule has 3 aromatic rings. The molecule has 5 heteroatoms. The molecule has 3 rings (SSSR count). The number of hydrogen-bond acceptors (Lipinski definition) is 3. The fourth-order valence-electron chi connectivity index (χ4n) is 4.26. The van der Waals surface area contributed by atoms with E-state index in [1.807, 2.05) is 95.3 Å². The van der Waals surface area contributed by atoms with E-state index in [1.54, 1.807) is 4.90 Å². The Kier molecular flexibility index (Phi) is 9.69. The van der Waals surface area contributed by atoms with Crippen molar-refractivity contribution in [3.05, 3.63) is 100 Å². The van der Waals surface area contributed by atoms with Gasteiger partial charge in [-0.3, -0.25) is 9.59 Å². The van der Waals surface area contributed by atoms with Gasteiger partial charge in [0, 0.05) is 19.5 Å². The van der Waals surface area contributed by atoms with Gasteiger partial charge >= 0.3 is 0 Å². The van der Waals surface area contributed by atoms with Crippen molar-refractivity contribution in [1.82, 2.24) is 10.2 Å². The lowest BCUT2D eigenvalue weighted by Gasteiger charge is -2.32. The minimum atomic E-state index is -0.657. The fourth-order valence-corrected chi connectivity index (χ4v) is 4.26. The molecule has 1 atom stereocenters. The van der Waals surface area contributed by atoms with E-state index in [1.165, 1.54) is 0 Å². The molecule has 1 N–H and O–H groups in total. The van der Waals surface area contributed by atoms with Crippen LogP contribution < -0.4 is 10.1 Å². The highest BCUT2D eigenvalue weighted by Gasteiger charge is 2.31. The first-order chi connectivity index (χ1) is 17.3. The van der Waals surface area contributed by atoms with E-state index in [0.29, 0.717) is 25.3 Å². The average Bonchev–Trinajstić information content (AvgIpc) is 2.87. The minimum absolute atomic E-state index is 0.137. The minimum Gasteiger partial charge on any atom is -0.483 e. The van der Waals surface area contributed by atoms with Crippen molar-refractivity contribution >= 4 is 11.8 Å². The van der Waals surface area contributed by atoms with Gasteiger partial charge in [-0.1, -0.05) is 67.6 Å². The number of ether oxygens (including phenoxy) is 1. The Morgan fingerprint density at radius 1 is 0.917 bits per heavy atom. The van der Waals surface area contributed by atoms with Gasteiger partial charge in [0.15, 0.2) is 6.61 Å². The van der Waals surface area contributed by atoms with Crippen LogP contribution in [0, 0.1) is 27.7 Å². The Hall–Kier alpha value is -3.60. The quantitative estimate of drug-likeness (QED) is 0.391. The average molecular weight is 487 g/mol. The van der Waals surface area contributed by atoms with Crippen LogP contribution >= 0.6 is 0 Å². The summed E-state index contributed by atoms with van der Waals surface area (Å²) >= 11 is 0. The second-order valence-electron chi connectivity index (χ2n) is 9.44. The topological polar surface area (TPSA) is 58.6 Å². The van der Waals surface area contributed by atoms with Gasteiger partial charge in [-0.25, -0.2) is 0 Å². The summed E-state index contributed by atoms with van der Waals surface area (Å²) < 4.78 is 6.05. The molecule has 0 aliphatic carbocycles. The number of hydrogen-bond donors (Lipinski definition) is 1. The van der Waals surface area contributed by atoms with Crippen LogP contribution in [0.5, 0.6) is 5.75 Å². The molecule has 0 radical (unpaired) electrons. The summed E-state index contributed by atoms with van der Waals surface area (Å²) in [4.78, 5) is 28.8. The van der Waals surface area contributed by atoms with Crippen molar-refractivity contribution in [2.45, 2.75) is 60.0 Å². The Labute approximate surface area is 215 Å². The lowest BCUT2D eigenvalue weighted by atomic mass is 10.0. The van der Waals surface area contributed by atoms with Crippen molar-refractivity contribution in [3.63, 3.8) is 0 Å². The third-order valence-electron chi connectivity index (χ3n) is 6.54. The first kappa shape index (κ1) is 27.0. The zero-order valence-electron chi connectivity index (χ0n) is 22.1. The van der Waals surface area contributed by atoms with Crippen LogP contribution in [0.1, 0.15) is 46.7 Å². The number of carbonyl (C=O) groups is 2. The van der Waals surface area contributed by atoms with E-state index < -0.39 is 6.04 Å². The van der Waals surface area contributed by atoms with E-state index in [9.17, 15) is 9.59 Å². The monoisotopic (exact) mass is 486 g/mol. The summed E-state index contributed by atoms with van der Waals surface area (Å²) in [6, 6.07) is 21.2. The molecule has 190 valence electrons. The predicted octanol–water partition coefficient (Wildman–Crippen LogP) is 5.47. The van der Waals surface area contributed by atoms with Crippen LogP contribution in [-0.2, 0) is 22.6 Å². The van der Waals surface area contributed by atoms with Crippen LogP contribution in [0.15, 0.2) is 66.7 Å². The van der Waals surface area contributed by atoms with Crippen molar-refractivity contribution < 1.29 is 14.3 Å². The molecular weight excluding hydrogens is 448 g/mol. The predicted molar refractivity (Wildman–Crippen MR) is 145 cm³/mol. The number of aryl methyl sites for hydroxylation is 3. The largest absolute Gasteiger partial charge is 0.483 e. The maximum absolute atomic E-state index is 13.7. The SMILES string of the molecule is CCCNC(=O)C(Cc1ccccc1)N(Cc1ccccc1C)C(=O)COc1cc(C)cc(C)c1C. The lowest BCUT2D eigenvalue weighted by Crippen LogP contribution is -2.51. The number of benzene rings is 3. The second kappa shape index (κ2) is 12.9. The first-order valence-electron chi connectivity index (χ1n) is 12.7. The molecule has 0 aromatic heterocycles. The number of carbonyl (C=O) groups excluding carboxylic acids is 2. The standard InChI is InChI=1S/C31H38N2O3/c1-6-16-32-31(35)28(19-26-13-8-7-9-14-26)33(20-27-15-11-10-12-23(27)3)30(34)21-36-29-18-22(2)17-24(4)25(29)5/h7-15,17-18,28H,6,16,19-21H2,1-5H3,(H,32,35). The Morgan fingerprint density at radius 3 is 2.31 bits per heavy atom. The third-order valence-corrected chi connectivity index (χ3v) is 6.54. The van der Waals surface area contributed by atoms with Crippen LogP contribution in [0.3, 0.4) is 0 Å². The van der Waals surface area contributed by atoms with Gasteiger partial charge in [-0.2, -0.15) is 0 Å². The molecule has 0 aliphatic heterocycles. The summed E-state index contributed by atoms with van der Waals surface area (Å²) in [5, 5.41) is 3.01. The molecule has 0 saturated heterocycles. The molecule has 0 heterocycles. The fraction of sp³-hybridized carbons (Fsp3) is 0.355. The van der Waals surface area contributed by atoms with E-state index >= 15 is 0 Å². The Morgan fingerprint density at radius 2 is 1.61 bits per heavy atom. The summed E-state index contributed by atoms with van der Waals surface area (Å²) in [6.45, 7) is 10.8. The van der Waals surface area contributed by atoms with Crippen LogP contribution in [0.25, 0.3) is 0 Å². The molecule has 36 heavy (non-hydrogen) atoms. The van der Waals surface area contributed by atoms with Crippen molar-refractivity contribution in [2.75, 3.05) is 13.2 Å². The van der Waals surface area contributed by atoms with Gasteiger partial charge in [0.1, 0.15) is 11.8 Å². The highest BCUT2D eigenvalue weighted by molar-refractivity contribution is 5.88. The molecule has 3 aromatic carbocycles. The zero-order chi connectivity index (χ0) is 26.1. The highest BCUT2D eigenvalue weighted by Crippen LogP contribution is 2.24. The molecule has 0 saturated carbocycles. The molecule has 5 nitrogen and oxygen atoms in total. The molecule has 2 amide bonds. The normalized spacial score (nSPS) is 11.6. The first-order valence-corrected chi connectivity index (χ1v) is 12.7. The van der Waals surface area contributed by atoms with Gasteiger partial charge in [0.2, 0.25) is 5.91 Å². The van der Waals surface area contributed by atoms with Crippen molar-refractivity contribution in [3.8, 4) is 5.75 Å². The maximum atomic E-state index is 13.7. The molecule has 0 bridgehead atoms. The lowest BCUT2D eigenvalue weighted by molar-refractivity contribution is -0.142. The van der Waals surface area contributed by atoms with Gasteiger partial charge in [0.25, 0.3) is 5.91 Å². The second-order valence-corrected chi connectivity index (χ2v) is 9.44. The van der Waals surface area contributed by atoms with Crippen LogP contribution in [0.4, 0.5) is 0 Å². The third kappa shape index (κ3) is 7.20. The highest BCUT2D eigenvalue weighted by atomic mass is 16.5. The summed E-state index contributed by atoms with van der Waals surface area (Å²) in [5.41, 5.74) is 6.31. The van der Waals surface area contributed by atoms with E-state index in [4.69, 9.17) is 4.74 Å². The van der Waals surface area contributed by atoms with Crippen LogP contribution in [-0.4, -0.2) is 35.9 Å².